The highest BCUT2D eigenvalue weighted by Crippen LogP contribution is 2.28. The second-order valence-electron chi connectivity index (χ2n) is 4.25. The summed E-state index contributed by atoms with van der Waals surface area (Å²) in [6.45, 7) is 0. The molecule has 9 heteroatoms. The van der Waals surface area contributed by atoms with E-state index in [1.54, 1.807) is 0 Å². The maximum absolute atomic E-state index is 13.1. The lowest BCUT2D eigenvalue weighted by Gasteiger charge is -2.08. The Labute approximate surface area is 120 Å². The topological polar surface area (TPSA) is 68.0 Å². The molecular weight excluding hydrogens is 309 g/mol. The van der Waals surface area contributed by atoms with Crippen LogP contribution >= 0.6 is 0 Å². The number of nitrogens with two attached hydrogens (primary N) is 1. The van der Waals surface area contributed by atoms with Crippen molar-refractivity contribution in [2.75, 3.05) is 11.1 Å². The first kappa shape index (κ1) is 15.7. The molecule has 1 amide bonds. The van der Waals surface area contributed by atoms with Gasteiger partial charge in [0.15, 0.2) is 11.6 Å². The Kier molecular flexibility index (Phi) is 3.98. The molecule has 0 aliphatic carbocycles. The first-order valence-corrected chi connectivity index (χ1v) is 5.77. The number of hydrogen-bond donors (Lipinski definition) is 2. The van der Waals surface area contributed by atoms with Crippen molar-refractivity contribution >= 4 is 17.3 Å². The molecule has 2 rings (SSSR count). The Morgan fingerprint density at radius 3 is 2.36 bits per heavy atom. The van der Waals surface area contributed by atoms with E-state index in [4.69, 9.17) is 5.73 Å². The molecule has 22 heavy (non-hydrogen) atoms. The minimum absolute atomic E-state index is 0.150. The van der Waals surface area contributed by atoms with Crippen molar-refractivity contribution in [3.05, 3.63) is 53.4 Å². The van der Waals surface area contributed by atoms with Gasteiger partial charge >= 0.3 is 6.18 Å². The van der Waals surface area contributed by atoms with Gasteiger partial charge in [-0.3, -0.25) is 9.78 Å². The summed E-state index contributed by atoms with van der Waals surface area (Å²) in [5, 5.41) is 2.16. The number of anilines is 2. The number of amides is 1. The molecule has 0 bridgehead atoms. The van der Waals surface area contributed by atoms with Crippen molar-refractivity contribution in [2.24, 2.45) is 0 Å². The molecule has 0 saturated carbocycles. The molecule has 0 saturated heterocycles. The largest absolute Gasteiger partial charge is 0.417 e. The van der Waals surface area contributed by atoms with Crippen molar-refractivity contribution < 1.29 is 26.7 Å². The number of benzene rings is 1. The Morgan fingerprint density at radius 1 is 1.18 bits per heavy atom. The molecule has 0 spiro atoms. The SMILES string of the molecule is Nc1cc(NC(=O)c2ccc(C(F)(F)F)cn2)cc(F)c1F. The third kappa shape index (κ3) is 3.30. The molecule has 3 N–H and O–H groups in total. The van der Waals surface area contributed by atoms with Crippen LogP contribution in [-0.4, -0.2) is 10.9 Å². The first-order chi connectivity index (χ1) is 10.2. The molecular formula is C13H8F5N3O. The van der Waals surface area contributed by atoms with Gasteiger partial charge in [0, 0.05) is 18.0 Å². The maximum Gasteiger partial charge on any atom is 0.417 e. The zero-order chi connectivity index (χ0) is 16.5. The van der Waals surface area contributed by atoms with E-state index in [9.17, 15) is 26.7 Å². The van der Waals surface area contributed by atoms with Crippen molar-refractivity contribution in [2.45, 2.75) is 6.18 Å². The number of rotatable bonds is 2. The van der Waals surface area contributed by atoms with Gasteiger partial charge in [0.1, 0.15) is 5.69 Å². The van der Waals surface area contributed by atoms with Gasteiger partial charge in [0.25, 0.3) is 5.91 Å². The minimum atomic E-state index is -4.57. The summed E-state index contributed by atoms with van der Waals surface area (Å²) in [7, 11) is 0. The van der Waals surface area contributed by atoms with Crippen LogP contribution in [0, 0.1) is 11.6 Å². The Balaban J connectivity index is 2.19. The first-order valence-electron chi connectivity index (χ1n) is 5.77. The van der Waals surface area contributed by atoms with Crippen molar-refractivity contribution in [1.82, 2.24) is 4.98 Å². The van der Waals surface area contributed by atoms with Crippen molar-refractivity contribution in [3.8, 4) is 0 Å². The van der Waals surface area contributed by atoms with Gasteiger partial charge in [-0.15, -0.1) is 0 Å². The molecule has 1 aromatic heterocycles. The van der Waals surface area contributed by atoms with Crippen molar-refractivity contribution in [1.29, 1.82) is 0 Å². The summed E-state index contributed by atoms with van der Waals surface area (Å²) in [6.07, 6.45) is -4.08. The van der Waals surface area contributed by atoms with Crippen LogP contribution < -0.4 is 11.1 Å². The van der Waals surface area contributed by atoms with E-state index in [1.807, 2.05) is 0 Å². The van der Waals surface area contributed by atoms with Gasteiger partial charge in [0.05, 0.1) is 11.3 Å². The second kappa shape index (κ2) is 5.58. The van der Waals surface area contributed by atoms with Crippen LogP contribution in [-0.2, 0) is 6.18 Å². The molecule has 1 aromatic carbocycles. The number of pyridine rings is 1. The lowest BCUT2D eigenvalue weighted by atomic mass is 10.2. The molecule has 4 nitrogen and oxygen atoms in total. The lowest BCUT2D eigenvalue weighted by Crippen LogP contribution is -2.15. The molecule has 0 unspecified atom stereocenters. The van der Waals surface area contributed by atoms with E-state index in [1.165, 1.54) is 0 Å². The van der Waals surface area contributed by atoms with E-state index in [0.29, 0.717) is 18.3 Å². The van der Waals surface area contributed by atoms with Crippen LogP contribution in [0.4, 0.5) is 33.3 Å². The fourth-order valence-corrected chi connectivity index (χ4v) is 1.57. The van der Waals surface area contributed by atoms with E-state index >= 15 is 0 Å². The second-order valence-corrected chi connectivity index (χ2v) is 4.25. The molecule has 0 fully saturated rings. The summed E-state index contributed by atoms with van der Waals surface area (Å²) < 4.78 is 63.2. The summed E-state index contributed by atoms with van der Waals surface area (Å²) in [5.41, 5.74) is 3.19. The Morgan fingerprint density at radius 2 is 1.86 bits per heavy atom. The zero-order valence-corrected chi connectivity index (χ0v) is 10.7. The van der Waals surface area contributed by atoms with E-state index in [0.717, 1.165) is 12.1 Å². The number of hydrogen-bond acceptors (Lipinski definition) is 3. The normalized spacial score (nSPS) is 11.3. The third-order valence-electron chi connectivity index (χ3n) is 2.64. The Bertz CT molecular complexity index is 690. The predicted octanol–water partition coefficient (Wildman–Crippen LogP) is 3.21. The van der Waals surface area contributed by atoms with Crippen LogP contribution in [0.15, 0.2) is 30.5 Å². The van der Waals surface area contributed by atoms with Gasteiger partial charge in [0.2, 0.25) is 0 Å². The van der Waals surface area contributed by atoms with Crippen LogP contribution in [0.2, 0.25) is 0 Å². The average molecular weight is 317 g/mol. The molecule has 2 aromatic rings. The van der Waals surface area contributed by atoms with Crippen LogP contribution in [0.5, 0.6) is 0 Å². The zero-order valence-electron chi connectivity index (χ0n) is 10.7. The van der Waals surface area contributed by atoms with E-state index in [-0.39, 0.29) is 11.4 Å². The number of nitrogens with one attached hydrogen (secondary N) is 1. The van der Waals surface area contributed by atoms with Crippen molar-refractivity contribution in [3.63, 3.8) is 0 Å². The highest BCUT2D eigenvalue weighted by atomic mass is 19.4. The number of carbonyl (C=O) groups is 1. The summed E-state index contributed by atoms with van der Waals surface area (Å²) in [6, 6.07) is 3.21. The molecule has 0 aliphatic heterocycles. The van der Waals surface area contributed by atoms with Gasteiger partial charge in [-0.2, -0.15) is 13.2 Å². The van der Waals surface area contributed by atoms with Crippen LogP contribution in [0.1, 0.15) is 16.1 Å². The smallest absolute Gasteiger partial charge is 0.396 e. The highest BCUT2D eigenvalue weighted by molar-refractivity contribution is 6.03. The fourth-order valence-electron chi connectivity index (χ4n) is 1.57. The van der Waals surface area contributed by atoms with Gasteiger partial charge < -0.3 is 11.1 Å². The summed E-state index contributed by atoms with van der Waals surface area (Å²) >= 11 is 0. The number of nitrogen functional groups attached to an aromatic ring is 1. The molecule has 116 valence electrons. The predicted molar refractivity (Wildman–Crippen MR) is 68.0 cm³/mol. The van der Waals surface area contributed by atoms with E-state index < -0.39 is 35.0 Å². The number of halogens is 5. The lowest BCUT2D eigenvalue weighted by molar-refractivity contribution is -0.137. The molecule has 0 aliphatic rings. The van der Waals surface area contributed by atoms with Gasteiger partial charge in [-0.05, 0) is 18.2 Å². The fraction of sp³-hybridized carbons (Fsp3) is 0.0769. The van der Waals surface area contributed by atoms with Gasteiger partial charge in [-0.25, -0.2) is 8.78 Å². The maximum atomic E-state index is 13.1. The Hall–Kier alpha value is -2.71. The molecule has 1 heterocycles. The third-order valence-corrected chi connectivity index (χ3v) is 2.64. The number of carbonyl (C=O) groups excluding carboxylic acids is 1. The number of nitrogens with zero attached hydrogens (tertiary/aromatic N) is 1. The quantitative estimate of drug-likeness (QED) is 0.660. The minimum Gasteiger partial charge on any atom is -0.396 e. The average Bonchev–Trinajstić information content (AvgIpc) is 2.44. The monoisotopic (exact) mass is 317 g/mol. The van der Waals surface area contributed by atoms with Crippen LogP contribution in [0.3, 0.4) is 0 Å². The standard InChI is InChI=1S/C13H8F5N3O/c14-8-3-7(4-9(19)11(8)15)21-12(22)10-2-1-6(5-20-10)13(16,17)18/h1-5H,19H2,(H,21,22). The van der Waals surface area contributed by atoms with E-state index in [2.05, 4.69) is 10.3 Å². The molecule has 0 radical (unpaired) electrons. The summed E-state index contributed by atoms with van der Waals surface area (Å²) in [5.74, 6) is -3.42. The molecule has 0 atom stereocenters. The van der Waals surface area contributed by atoms with Crippen LogP contribution in [0.25, 0.3) is 0 Å². The number of aromatic nitrogens is 1. The van der Waals surface area contributed by atoms with Gasteiger partial charge in [-0.1, -0.05) is 0 Å². The summed E-state index contributed by atoms with van der Waals surface area (Å²) in [4.78, 5) is 15.1. The highest BCUT2D eigenvalue weighted by Gasteiger charge is 2.30. The number of alkyl halides is 3.